The molecular formula is C20H28N4. The van der Waals surface area contributed by atoms with E-state index < -0.39 is 0 Å². The number of aromatic nitrogens is 2. The minimum Gasteiger partial charge on any atom is -0.370 e. The molecular weight excluding hydrogens is 296 g/mol. The van der Waals surface area contributed by atoms with Crippen molar-refractivity contribution in [3.8, 4) is 0 Å². The van der Waals surface area contributed by atoms with E-state index in [9.17, 15) is 0 Å². The summed E-state index contributed by atoms with van der Waals surface area (Å²) in [5.41, 5.74) is 5.72. The van der Waals surface area contributed by atoms with Gasteiger partial charge in [-0.05, 0) is 37.8 Å². The zero-order valence-corrected chi connectivity index (χ0v) is 14.9. The summed E-state index contributed by atoms with van der Waals surface area (Å²) in [5, 5.41) is 4.52. The Balaban J connectivity index is 1.43. The summed E-state index contributed by atoms with van der Waals surface area (Å²) in [6.45, 7) is 7.86. The average molecular weight is 324 g/mol. The van der Waals surface area contributed by atoms with Crippen molar-refractivity contribution >= 4 is 5.69 Å². The van der Waals surface area contributed by atoms with Gasteiger partial charge in [0.2, 0.25) is 0 Å². The van der Waals surface area contributed by atoms with E-state index in [1.165, 1.54) is 48.3 Å². The minimum absolute atomic E-state index is 0.767. The largest absolute Gasteiger partial charge is 0.370 e. The van der Waals surface area contributed by atoms with E-state index in [-0.39, 0.29) is 0 Å². The molecule has 0 bridgehead atoms. The van der Waals surface area contributed by atoms with Gasteiger partial charge in [0.25, 0.3) is 0 Å². The highest BCUT2D eigenvalue weighted by Gasteiger charge is 2.30. The normalized spacial score (nSPS) is 19.5. The van der Waals surface area contributed by atoms with Crippen LogP contribution in [-0.2, 0) is 13.6 Å². The van der Waals surface area contributed by atoms with Crippen LogP contribution in [0.15, 0.2) is 30.5 Å². The fourth-order valence-corrected chi connectivity index (χ4v) is 4.03. The van der Waals surface area contributed by atoms with E-state index in [1.807, 2.05) is 0 Å². The SMILES string of the molecule is Cc1ccccc1N1CCCN(Cc2cnn(C)c2C2CC2)CC1. The van der Waals surface area contributed by atoms with Gasteiger partial charge in [0.1, 0.15) is 0 Å². The maximum atomic E-state index is 4.52. The van der Waals surface area contributed by atoms with Crippen molar-refractivity contribution in [2.45, 2.75) is 38.6 Å². The quantitative estimate of drug-likeness (QED) is 0.862. The molecule has 128 valence electrons. The molecule has 24 heavy (non-hydrogen) atoms. The summed E-state index contributed by atoms with van der Waals surface area (Å²) in [4.78, 5) is 5.17. The van der Waals surface area contributed by atoms with Gasteiger partial charge >= 0.3 is 0 Å². The second-order valence-electron chi connectivity index (χ2n) is 7.36. The van der Waals surface area contributed by atoms with Crippen molar-refractivity contribution in [3.63, 3.8) is 0 Å². The maximum absolute atomic E-state index is 4.52. The molecule has 4 nitrogen and oxygen atoms in total. The Hall–Kier alpha value is -1.81. The van der Waals surface area contributed by atoms with E-state index in [0.717, 1.165) is 32.1 Å². The fourth-order valence-electron chi connectivity index (χ4n) is 4.03. The molecule has 1 aromatic heterocycles. The lowest BCUT2D eigenvalue weighted by atomic mass is 10.1. The lowest BCUT2D eigenvalue weighted by molar-refractivity contribution is 0.284. The summed E-state index contributed by atoms with van der Waals surface area (Å²) in [6.07, 6.45) is 6.01. The third-order valence-corrected chi connectivity index (χ3v) is 5.47. The molecule has 1 saturated carbocycles. The Morgan fingerprint density at radius 2 is 1.92 bits per heavy atom. The first kappa shape index (κ1) is 15.7. The van der Waals surface area contributed by atoms with Crippen molar-refractivity contribution in [2.24, 2.45) is 7.05 Å². The van der Waals surface area contributed by atoms with Gasteiger partial charge < -0.3 is 4.90 Å². The number of anilines is 1. The smallest absolute Gasteiger partial charge is 0.0537 e. The van der Waals surface area contributed by atoms with Crippen molar-refractivity contribution < 1.29 is 0 Å². The third-order valence-electron chi connectivity index (χ3n) is 5.47. The molecule has 1 saturated heterocycles. The summed E-state index contributed by atoms with van der Waals surface area (Å²) in [5.74, 6) is 0.767. The summed E-state index contributed by atoms with van der Waals surface area (Å²) in [6, 6.07) is 8.76. The molecule has 0 amide bonds. The average Bonchev–Trinajstić information content (AvgIpc) is 3.37. The highest BCUT2D eigenvalue weighted by Crippen LogP contribution is 2.41. The summed E-state index contributed by atoms with van der Waals surface area (Å²) < 4.78 is 2.10. The van der Waals surface area contributed by atoms with E-state index in [4.69, 9.17) is 0 Å². The van der Waals surface area contributed by atoms with Gasteiger partial charge in [-0.2, -0.15) is 5.10 Å². The predicted molar refractivity (Wildman–Crippen MR) is 98.5 cm³/mol. The van der Waals surface area contributed by atoms with Crippen LogP contribution in [0.5, 0.6) is 0 Å². The van der Waals surface area contributed by atoms with Crippen LogP contribution in [0.25, 0.3) is 0 Å². The first-order valence-electron chi connectivity index (χ1n) is 9.26. The van der Waals surface area contributed by atoms with Gasteiger partial charge in [-0.3, -0.25) is 9.58 Å². The van der Waals surface area contributed by atoms with E-state index >= 15 is 0 Å². The Morgan fingerprint density at radius 3 is 2.71 bits per heavy atom. The molecule has 2 aromatic rings. The van der Waals surface area contributed by atoms with E-state index in [0.29, 0.717) is 0 Å². The Morgan fingerprint density at radius 1 is 1.08 bits per heavy atom. The second kappa shape index (κ2) is 6.60. The molecule has 4 rings (SSSR count). The fraction of sp³-hybridized carbons (Fsp3) is 0.550. The van der Waals surface area contributed by atoms with Crippen LogP contribution in [0.2, 0.25) is 0 Å². The Kier molecular flexibility index (Phi) is 4.31. The zero-order valence-electron chi connectivity index (χ0n) is 14.9. The number of nitrogens with zero attached hydrogens (tertiary/aromatic N) is 4. The van der Waals surface area contributed by atoms with Crippen molar-refractivity contribution in [1.82, 2.24) is 14.7 Å². The van der Waals surface area contributed by atoms with Crippen molar-refractivity contribution in [3.05, 3.63) is 47.3 Å². The van der Waals surface area contributed by atoms with Crippen LogP contribution in [0.3, 0.4) is 0 Å². The first-order chi connectivity index (χ1) is 11.7. The lowest BCUT2D eigenvalue weighted by Crippen LogP contribution is -2.31. The van der Waals surface area contributed by atoms with Crippen LogP contribution in [-0.4, -0.2) is 40.9 Å². The van der Waals surface area contributed by atoms with Gasteiger partial charge in [0, 0.05) is 62.6 Å². The molecule has 0 N–H and O–H groups in total. The van der Waals surface area contributed by atoms with Crippen molar-refractivity contribution in [2.75, 3.05) is 31.1 Å². The van der Waals surface area contributed by atoms with E-state index in [2.05, 4.69) is 64.0 Å². The number of hydrogen-bond acceptors (Lipinski definition) is 3. The highest BCUT2D eigenvalue weighted by molar-refractivity contribution is 5.53. The van der Waals surface area contributed by atoms with Gasteiger partial charge in [0.15, 0.2) is 0 Å². The monoisotopic (exact) mass is 324 g/mol. The zero-order chi connectivity index (χ0) is 16.5. The van der Waals surface area contributed by atoms with Crippen LogP contribution in [0.1, 0.15) is 42.0 Å². The molecule has 1 aliphatic heterocycles. The number of para-hydroxylation sites is 1. The minimum atomic E-state index is 0.767. The van der Waals surface area contributed by atoms with Gasteiger partial charge in [-0.25, -0.2) is 0 Å². The molecule has 2 heterocycles. The van der Waals surface area contributed by atoms with Crippen LogP contribution < -0.4 is 4.90 Å². The van der Waals surface area contributed by atoms with Crippen molar-refractivity contribution in [1.29, 1.82) is 0 Å². The Bertz CT molecular complexity index is 701. The number of hydrogen-bond donors (Lipinski definition) is 0. The van der Waals surface area contributed by atoms with Crippen LogP contribution in [0.4, 0.5) is 5.69 Å². The van der Waals surface area contributed by atoms with Gasteiger partial charge in [-0.15, -0.1) is 0 Å². The summed E-state index contributed by atoms with van der Waals surface area (Å²) in [7, 11) is 2.10. The molecule has 0 atom stereocenters. The summed E-state index contributed by atoms with van der Waals surface area (Å²) >= 11 is 0. The molecule has 1 aromatic carbocycles. The molecule has 1 aliphatic carbocycles. The van der Waals surface area contributed by atoms with Gasteiger partial charge in [0.05, 0.1) is 6.20 Å². The Labute approximate surface area is 145 Å². The molecule has 2 fully saturated rings. The molecule has 0 radical (unpaired) electrons. The van der Waals surface area contributed by atoms with Gasteiger partial charge in [-0.1, -0.05) is 18.2 Å². The number of aryl methyl sites for hydroxylation is 2. The maximum Gasteiger partial charge on any atom is 0.0537 e. The lowest BCUT2D eigenvalue weighted by Gasteiger charge is -2.25. The van der Waals surface area contributed by atoms with Crippen LogP contribution in [0, 0.1) is 6.92 Å². The molecule has 0 unspecified atom stereocenters. The second-order valence-corrected chi connectivity index (χ2v) is 7.36. The third kappa shape index (κ3) is 3.20. The first-order valence-corrected chi connectivity index (χ1v) is 9.26. The molecule has 2 aliphatic rings. The number of benzene rings is 1. The topological polar surface area (TPSA) is 24.3 Å². The molecule has 0 spiro atoms. The number of rotatable bonds is 4. The van der Waals surface area contributed by atoms with Crippen LogP contribution >= 0.6 is 0 Å². The highest BCUT2D eigenvalue weighted by atomic mass is 15.3. The predicted octanol–water partition coefficient (Wildman–Crippen LogP) is 3.32. The van der Waals surface area contributed by atoms with E-state index in [1.54, 1.807) is 0 Å². The molecule has 4 heteroatoms. The standard InChI is InChI=1S/C20H28N4/c1-16-6-3-4-7-19(16)24-11-5-10-23(12-13-24)15-18-14-21-22(2)20(18)17-8-9-17/h3-4,6-7,14,17H,5,8-13,15H2,1-2H3.